The van der Waals surface area contributed by atoms with Crippen LogP contribution in [-0.2, 0) is 12.4 Å². The molecule has 0 radical (unpaired) electrons. The number of carbonyl (C=O) groups is 1. The van der Waals surface area contributed by atoms with Gasteiger partial charge in [0.25, 0.3) is 5.91 Å². The lowest BCUT2D eigenvalue weighted by atomic mass is 10.1. The molecule has 0 aliphatic heterocycles. The number of alkyl halides is 6. The normalized spacial score (nSPS) is 16.0. The topological polar surface area (TPSA) is 50.2 Å². The van der Waals surface area contributed by atoms with E-state index in [1.165, 1.54) is 0 Å². The van der Waals surface area contributed by atoms with Crippen LogP contribution in [0.15, 0.2) is 30.5 Å². The summed E-state index contributed by atoms with van der Waals surface area (Å²) in [6.45, 7) is 1.97. The van der Waals surface area contributed by atoms with Crippen LogP contribution in [0.4, 0.5) is 26.3 Å². The van der Waals surface area contributed by atoms with E-state index in [1.807, 2.05) is 18.9 Å². The van der Waals surface area contributed by atoms with Crippen molar-refractivity contribution >= 4 is 5.91 Å². The lowest BCUT2D eigenvalue weighted by molar-refractivity contribution is -0.143. The van der Waals surface area contributed by atoms with Crippen molar-refractivity contribution in [3.63, 3.8) is 0 Å². The van der Waals surface area contributed by atoms with E-state index in [0.29, 0.717) is 23.0 Å². The fraction of sp³-hybridized carbons (Fsp3) is 0.474. The Hall–Kier alpha value is -2.56. The van der Waals surface area contributed by atoms with Crippen LogP contribution in [0.5, 0.6) is 0 Å². The molecule has 1 aliphatic rings. The molecule has 0 bridgehead atoms. The van der Waals surface area contributed by atoms with Gasteiger partial charge in [-0.3, -0.25) is 9.69 Å². The van der Waals surface area contributed by atoms with Gasteiger partial charge in [-0.2, -0.15) is 31.4 Å². The predicted octanol–water partition coefficient (Wildman–Crippen LogP) is 4.12. The van der Waals surface area contributed by atoms with Gasteiger partial charge in [0.2, 0.25) is 0 Å². The Kier molecular flexibility index (Phi) is 5.85. The van der Waals surface area contributed by atoms with Crippen molar-refractivity contribution in [1.82, 2.24) is 20.0 Å². The maximum Gasteiger partial charge on any atom is 0.434 e. The predicted molar refractivity (Wildman–Crippen MR) is 96.1 cm³/mol. The summed E-state index contributed by atoms with van der Waals surface area (Å²) in [6.07, 6.45) is -6.94. The van der Waals surface area contributed by atoms with Gasteiger partial charge in [-0.15, -0.1) is 0 Å². The van der Waals surface area contributed by atoms with Gasteiger partial charge in [-0.1, -0.05) is 6.07 Å². The summed E-state index contributed by atoms with van der Waals surface area (Å²) < 4.78 is 80.2. The number of benzene rings is 1. The summed E-state index contributed by atoms with van der Waals surface area (Å²) in [5.41, 5.74) is -3.74. The Labute approximate surface area is 168 Å². The second-order valence-corrected chi connectivity index (χ2v) is 7.32. The first-order valence-electron chi connectivity index (χ1n) is 9.22. The fourth-order valence-electron chi connectivity index (χ4n) is 3.12. The van der Waals surface area contributed by atoms with E-state index < -0.39 is 40.8 Å². The van der Waals surface area contributed by atoms with Crippen LogP contribution in [0.2, 0.25) is 0 Å². The first-order chi connectivity index (χ1) is 13.9. The highest BCUT2D eigenvalue weighted by Gasteiger charge is 2.41. The molecule has 0 saturated heterocycles. The number of hydrogen-bond acceptors (Lipinski definition) is 3. The number of likely N-dealkylation sites (N-methyl/N-ethyl adjacent to an activating group) is 1. The Balaban J connectivity index is 1.88. The highest BCUT2D eigenvalue weighted by atomic mass is 19.4. The first-order valence-corrected chi connectivity index (χ1v) is 9.22. The van der Waals surface area contributed by atoms with Crippen LogP contribution >= 0.6 is 0 Å². The molecular weight excluding hydrogens is 414 g/mol. The fourth-order valence-corrected chi connectivity index (χ4v) is 3.12. The van der Waals surface area contributed by atoms with Gasteiger partial charge in [0.15, 0.2) is 5.69 Å². The zero-order chi connectivity index (χ0) is 22.3. The largest absolute Gasteiger partial charge is 0.434 e. The molecule has 1 aliphatic carbocycles. The van der Waals surface area contributed by atoms with Gasteiger partial charge < -0.3 is 5.32 Å². The van der Waals surface area contributed by atoms with Gasteiger partial charge in [-0.05, 0) is 45.0 Å². The average molecular weight is 434 g/mol. The van der Waals surface area contributed by atoms with Crippen molar-refractivity contribution in [3.8, 4) is 5.69 Å². The van der Waals surface area contributed by atoms with Crippen molar-refractivity contribution < 1.29 is 31.1 Å². The van der Waals surface area contributed by atoms with Crippen LogP contribution < -0.4 is 5.32 Å². The van der Waals surface area contributed by atoms with Crippen LogP contribution in [0.25, 0.3) is 5.69 Å². The van der Waals surface area contributed by atoms with E-state index in [0.717, 1.165) is 31.0 Å². The molecule has 1 aromatic heterocycles. The Morgan fingerprint density at radius 2 is 1.90 bits per heavy atom. The number of halogens is 6. The van der Waals surface area contributed by atoms with Crippen LogP contribution in [0.1, 0.15) is 41.4 Å². The van der Waals surface area contributed by atoms with Crippen LogP contribution in [-0.4, -0.2) is 46.3 Å². The van der Waals surface area contributed by atoms with Gasteiger partial charge in [0, 0.05) is 18.6 Å². The van der Waals surface area contributed by atoms with Crippen molar-refractivity contribution in [2.45, 2.75) is 44.2 Å². The third-order valence-corrected chi connectivity index (χ3v) is 5.08. The quantitative estimate of drug-likeness (QED) is 0.696. The van der Waals surface area contributed by atoms with E-state index in [9.17, 15) is 31.1 Å². The Morgan fingerprint density at radius 1 is 1.23 bits per heavy atom. The van der Waals surface area contributed by atoms with Gasteiger partial charge in [-0.25, -0.2) is 4.68 Å². The molecule has 1 amide bonds. The smallest absolute Gasteiger partial charge is 0.350 e. The van der Waals surface area contributed by atoms with Gasteiger partial charge in [0.05, 0.1) is 23.0 Å². The van der Waals surface area contributed by atoms with E-state index in [-0.39, 0.29) is 12.6 Å². The third-order valence-electron chi connectivity index (χ3n) is 5.08. The van der Waals surface area contributed by atoms with Crippen molar-refractivity contribution in [1.29, 1.82) is 0 Å². The summed E-state index contributed by atoms with van der Waals surface area (Å²) in [5.74, 6) is -0.989. The minimum Gasteiger partial charge on any atom is -0.350 e. The number of amides is 1. The highest BCUT2D eigenvalue weighted by Crippen LogP contribution is 2.35. The summed E-state index contributed by atoms with van der Waals surface area (Å²) in [7, 11) is 1.88. The van der Waals surface area contributed by atoms with E-state index >= 15 is 0 Å². The number of rotatable bonds is 6. The Morgan fingerprint density at radius 3 is 2.47 bits per heavy atom. The van der Waals surface area contributed by atoms with E-state index in [1.54, 1.807) is 0 Å². The van der Waals surface area contributed by atoms with Gasteiger partial charge in [0.1, 0.15) is 0 Å². The summed E-state index contributed by atoms with van der Waals surface area (Å²) in [6, 6.07) is 3.66. The zero-order valence-corrected chi connectivity index (χ0v) is 16.2. The molecule has 2 aromatic rings. The highest BCUT2D eigenvalue weighted by molar-refractivity contribution is 5.95. The maximum atomic E-state index is 13.7. The lowest BCUT2D eigenvalue weighted by Crippen LogP contribution is -2.41. The number of aromatic nitrogens is 2. The number of nitrogens with zero attached hydrogens (tertiary/aromatic N) is 3. The van der Waals surface area contributed by atoms with Crippen molar-refractivity contribution in [2.24, 2.45) is 0 Å². The third kappa shape index (κ3) is 4.77. The maximum absolute atomic E-state index is 13.7. The average Bonchev–Trinajstić information content (AvgIpc) is 3.40. The van der Waals surface area contributed by atoms with Crippen molar-refractivity contribution in [3.05, 3.63) is 47.3 Å². The second kappa shape index (κ2) is 7.93. The first kappa shape index (κ1) is 22.1. The zero-order valence-electron chi connectivity index (χ0n) is 16.2. The molecule has 5 nitrogen and oxygen atoms in total. The molecule has 1 atom stereocenters. The molecular formula is C19H20F6N4O. The number of hydrogen-bond donors (Lipinski definition) is 1. The second-order valence-electron chi connectivity index (χ2n) is 7.32. The van der Waals surface area contributed by atoms with E-state index in [4.69, 9.17) is 0 Å². The molecule has 1 saturated carbocycles. The number of carbonyl (C=O) groups excluding carboxylic acids is 1. The molecule has 0 spiro atoms. The lowest BCUT2D eigenvalue weighted by Gasteiger charge is -2.24. The standard InChI is InChI=1S/C19H20F6N4O/c1-11(28(2)13-6-7-13)9-26-17(30)15-10-27-29(16(15)19(23,24)25)14-5-3-4-12(8-14)18(20,21)22/h3-5,8,10-11,13H,6-7,9H2,1-2H3,(H,26,30). The molecule has 164 valence electrons. The minimum atomic E-state index is -5.01. The number of nitrogens with one attached hydrogen (secondary N) is 1. The van der Waals surface area contributed by atoms with Crippen LogP contribution in [0.3, 0.4) is 0 Å². The molecule has 1 unspecified atom stereocenters. The molecule has 30 heavy (non-hydrogen) atoms. The summed E-state index contributed by atoms with van der Waals surface area (Å²) in [5, 5.41) is 6.02. The van der Waals surface area contributed by atoms with Gasteiger partial charge >= 0.3 is 12.4 Å². The summed E-state index contributed by atoms with van der Waals surface area (Å²) >= 11 is 0. The summed E-state index contributed by atoms with van der Waals surface area (Å²) in [4.78, 5) is 14.5. The SMILES string of the molecule is CC(CNC(=O)c1cnn(-c2cccc(C(F)(F)F)c2)c1C(F)(F)F)N(C)C1CC1. The molecule has 1 aromatic carbocycles. The van der Waals surface area contributed by atoms with E-state index in [2.05, 4.69) is 10.4 Å². The monoisotopic (exact) mass is 434 g/mol. The minimum absolute atomic E-state index is 0.0886. The van der Waals surface area contributed by atoms with Crippen LogP contribution in [0, 0.1) is 0 Å². The molecule has 3 rings (SSSR count). The molecule has 1 fully saturated rings. The molecule has 1 heterocycles. The van der Waals surface area contributed by atoms with Crippen molar-refractivity contribution in [2.75, 3.05) is 13.6 Å². The Bertz CT molecular complexity index is 916. The molecule has 1 N–H and O–H groups in total. The molecule has 11 heteroatoms.